The molecule has 0 bridgehead atoms. The van der Waals surface area contributed by atoms with Crippen molar-refractivity contribution in [3.05, 3.63) is 29.8 Å². The number of fused-ring (bicyclic) bond motifs is 1. The van der Waals surface area contributed by atoms with Crippen molar-refractivity contribution in [2.45, 2.75) is 50.1 Å². The first-order chi connectivity index (χ1) is 12.8. The van der Waals surface area contributed by atoms with Crippen molar-refractivity contribution < 1.29 is 18.0 Å². The molecule has 0 aliphatic carbocycles. The summed E-state index contributed by atoms with van der Waals surface area (Å²) in [6.45, 7) is 4.82. The average Bonchev–Trinajstić information content (AvgIpc) is 2.64. The zero-order valence-corrected chi connectivity index (χ0v) is 16.6. The van der Waals surface area contributed by atoms with Crippen LogP contribution in [0.15, 0.2) is 29.2 Å². The van der Waals surface area contributed by atoms with Gasteiger partial charge >= 0.3 is 6.03 Å². The van der Waals surface area contributed by atoms with Crippen LogP contribution in [0.1, 0.15) is 44.7 Å². The van der Waals surface area contributed by atoms with E-state index in [1.807, 2.05) is 13.8 Å². The summed E-state index contributed by atoms with van der Waals surface area (Å²) in [7, 11) is -3.29. The highest BCUT2D eigenvalue weighted by Gasteiger charge is 2.33. The smallest absolute Gasteiger partial charge is 0.317 e. The fraction of sp³-hybridized carbons (Fsp3) is 0.579. The van der Waals surface area contributed by atoms with Gasteiger partial charge in [-0.3, -0.25) is 4.79 Å². The van der Waals surface area contributed by atoms with Crippen LogP contribution in [0.4, 0.5) is 4.79 Å². The molecule has 1 aromatic rings. The maximum absolute atomic E-state index is 12.8. The molecule has 1 unspecified atom stereocenters. The molecule has 3 rings (SSSR count). The summed E-state index contributed by atoms with van der Waals surface area (Å²) in [6, 6.07) is 6.33. The Hall–Kier alpha value is -2.09. The van der Waals surface area contributed by atoms with E-state index in [2.05, 4.69) is 10.6 Å². The number of hydrogen-bond donors (Lipinski definition) is 2. The van der Waals surface area contributed by atoms with Gasteiger partial charge in [-0.25, -0.2) is 13.2 Å². The molecule has 7 nitrogen and oxygen atoms in total. The minimum absolute atomic E-state index is 0.0170. The van der Waals surface area contributed by atoms with Crippen LogP contribution in [0.2, 0.25) is 0 Å². The molecule has 0 spiro atoms. The lowest BCUT2D eigenvalue weighted by atomic mass is 9.97. The molecule has 2 aliphatic heterocycles. The van der Waals surface area contributed by atoms with E-state index in [4.69, 9.17) is 0 Å². The lowest BCUT2D eigenvalue weighted by molar-refractivity contribution is -0.126. The molecule has 1 aromatic carbocycles. The molecule has 1 saturated heterocycles. The number of sulfone groups is 1. The van der Waals surface area contributed by atoms with E-state index in [0.29, 0.717) is 30.0 Å². The summed E-state index contributed by atoms with van der Waals surface area (Å²) >= 11 is 0. The number of nitrogens with one attached hydrogen (secondary N) is 2. The lowest BCUT2D eigenvalue weighted by Gasteiger charge is -2.34. The SMILES string of the molecule is CC(C)NC(=O)[C@@H]1CCCN(C(=O)NC2CCS(=O)(=O)c3ccccc32)C1. The molecule has 8 heteroatoms. The number of nitrogens with zero attached hydrogens (tertiary/aromatic N) is 1. The van der Waals surface area contributed by atoms with Crippen molar-refractivity contribution >= 4 is 21.8 Å². The molecule has 0 radical (unpaired) electrons. The molecule has 1 fully saturated rings. The first-order valence-electron chi connectivity index (χ1n) is 9.45. The first-order valence-corrected chi connectivity index (χ1v) is 11.1. The number of carbonyl (C=O) groups is 2. The number of likely N-dealkylation sites (tertiary alicyclic amines) is 1. The highest BCUT2D eigenvalue weighted by atomic mass is 32.2. The van der Waals surface area contributed by atoms with Gasteiger partial charge in [-0.2, -0.15) is 0 Å². The predicted molar refractivity (Wildman–Crippen MR) is 102 cm³/mol. The van der Waals surface area contributed by atoms with E-state index in [0.717, 1.165) is 12.8 Å². The van der Waals surface area contributed by atoms with E-state index in [-0.39, 0.29) is 35.7 Å². The summed E-state index contributed by atoms with van der Waals surface area (Å²) in [4.78, 5) is 27.0. The third-order valence-corrected chi connectivity index (χ3v) is 6.93. The van der Waals surface area contributed by atoms with Crippen LogP contribution in [-0.2, 0) is 14.6 Å². The van der Waals surface area contributed by atoms with Crippen molar-refractivity contribution in [1.82, 2.24) is 15.5 Å². The fourth-order valence-corrected chi connectivity index (χ4v) is 5.38. The Morgan fingerprint density at radius 2 is 1.93 bits per heavy atom. The molecule has 2 N–H and O–H groups in total. The number of carbonyl (C=O) groups excluding carboxylic acids is 2. The summed E-state index contributed by atoms with van der Waals surface area (Å²) < 4.78 is 24.5. The van der Waals surface area contributed by atoms with E-state index in [9.17, 15) is 18.0 Å². The van der Waals surface area contributed by atoms with Crippen LogP contribution in [-0.4, -0.2) is 50.1 Å². The fourth-order valence-electron chi connectivity index (χ4n) is 3.76. The van der Waals surface area contributed by atoms with Crippen molar-refractivity contribution in [2.24, 2.45) is 5.92 Å². The Bertz CT molecular complexity index is 822. The zero-order chi connectivity index (χ0) is 19.6. The quantitative estimate of drug-likeness (QED) is 0.819. The highest BCUT2D eigenvalue weighted by molar-refractivity contribution is 7.91. The van der Waals surface area contributed by atoms with Crippen molar-refractivity contribution in [2.75, 3.05) is 18.8 Å². The summed E-state index contributed by atoms with van der Waals surface area (Å²) in [5.74, 6) is -0.198. The van der Waals surface area contributed by atoms with Crippen LogP contribution >= 0.6 is 0 Å². The Labute approximate surface area is 160 Å². The number of hydrogen-bond acceptors (Lipinski definition) is 4. The van der Waals surface area contributed by atoms with Crippen molar-refractivity contribution in [3.63, 3.8) is 0 Å². The van der Waals surface area contributed by atoms with E-state index in [1.165, 1.54) is 0 Å². The standard InChI is InChI=1S/C19H27N3O4S/c1-13(2)20-18(23)14-6-5-10-22(12-14)19(24)21-16-9-11-27(25,26)17-8-4-3-7-15(16)17/h3-4,7-8,13-14,16H,5-6,9-12H2,1-2H3,(H,20,23)(H,21,24)/t14-,16?/m1/s1. The van der Waals surface area contributed by atoms with E-state index in [1.54, 1.807) is 29.2 Å². The highest BCUT2D eigenvalue weighted by Crippen LogP contribution is 2.32. The third kappa shape index (κ3) is 4.43. The summed E-state index contributed by atoms with van der Waals surface area (Å²) in [5, 5.41) is 5.88. The van der Waals surface area contributed by atoms with Gasteiger partial charge in [-0.15, -0.1) is 0 Å². The van der Waals surface area contributed by atoms with Crippen molar-refractivity contribution in [3.8, 4) is 0 Å². The Morgan fingerprint density at radius 3 is 2.67 bits per heavy atom. The van der Waals surface area contributed by atoms with Gasteiger partial charge in [0.2, 0.25) is 5.91 Å². The molecule has 2 aliphatic rings. The maximum atomic E-state index is 12.8. The molecular weight excluding hydrogens is 366 g/mol. The topological polar surface area (TPSA) is 95.6 Å². The zero-order valence-electron chi connectivity index (χ0n) is 15.8. The average molecular weight is 394 g/mol. The maximum Gasteiger partial charge on any atom is 0.317 e. The third-order valence-electron chi connectivity index (χ3n) is 5.11. The van der Waals surface area contributed by atoms with Gasteiger partial charge in [0.15, 0.2) is 9.84 Å². The Balaban J connectivity index is 1.68. The first kappa shape index (κ1) is 19.7. The van der Waals surface area contributed by atoms with Crippen LogP contribution in [0.3, 0.4) is 0 Å². The second-order valence-corrected chi connectivity index (χ2v) is 9.67. The largest absolute Gasteiger partial charge is 0.354 e. The predicted octanol–water partition coefficient (Wildman–Crippen LogP) is 1.85. The molecule has 0 saturated carbocycles. The van der Waals surface area contributed by atoms with Gasteiger partial charge in [-0.1, -0.05) is 18.2 Å². The number of amides is 3. The minimum Gasteiger partial charge on any atom is -0.354 e. The monoisotopic (exact) mass is 393 g/mol. The van der Waals surface area contributed by atoms with Crippen LogP contribution < -0.4 is 10.6 Å². The van der Waals surface area contributed by atoms with Gasteiger partial charge in [0.1, 0.15) is 0 Å². The molecule has 2 heterocycles. The molecule has 148 valence electrons. The van der Waals surface area contributed by atoms with Gasteiger partial charge in [0.05, 0.1) is 22.6 Å². The number of piperidine rings is 1. The van der Waals surface area contributed by atoms with Gasteiger partial charge in [0.25, 0.3) is 0 Å². The second-order valence-electron chi connectivity index (χ2n) is 7.60. The second kappa shape index (κ2) is 7.88. The van der Waals surface area contributed by atoms with Crippen LogP contribution in [0, 0.1) is 5.92 Å². The normalized spacial score (nSPS) is 24.2. The molecule has 3 amide bonds. The summed E-state index contributed by atoms with van der Waals surface area (Å²) in [5.41, 5.74) is 0.642. The van der Waals surface area contributed by atoms with E-state index < -0.39 is 9.84 Å². The number of rotatable bonds is 3. The van der Waals surface area contributed by atoms with Crippen molar-refractivity contribution in [1.29, 1.82) is 0 Å². The Morgan fingerprint density at radius 1 is 1.19 bits per heavy atom. The van der Waals surface area contributed by atoms with Gasteiger partial charge < -0.3 is 15.5 Å². The molecule has 0 aromatic heterocycles. The lowest BCUT2D eigenvalue weighted by Crippen LogP contribution is -2.50. The Kier molecular flexibility index (Phi) is 5.74. The van der Waals surface area contributed by atoms with Crippen LogP contribution in [0.25, 0.3) is 0 Å². The molecule has 2 atom stereocenters. The van der Waals surface area contributed by atoms with Crippen LogP contribution in [0.5, 0.6) is 0 Å². The van der Waals surface area contributed by atoms with E-state index >= 15 is 0 Å². The molecule has 27 heavy (non-hydrogen) atoms. The van der Waals surface area contributed by atoms with Gasteiger partial charge in [-0.05, 0) is 44.7 Å². The van der Waals surface area contributed by atoms with Gasteiger partial charge in [0, 0.05) is 19.1 Å². The number of urea groups is 1. The minimum atomic E-state index is -3.29. The number of benzene rings is 1. The molecular formula is C19H27N3O4S. The summed E-state index contributed by atoms with van der Waals surface area (Å²) in [6.07, 6.45) is 1.91.